The smallest absolute Gasteiger partial charge is 0.253 e. The summed E-state index contributed by atoms with van der Waals surface area (Å²) < 4.78 is 0. The third kappa shape index (κ3) is 5.56. The molecule has 0 aromatic heterocycles. The fraction of sp³-hybridized carbons (Fsp3) is 0.333. The monoisotopic (exact) mass is 467 g/mol. The highest BCUT2D eigenvalue weighted by Crippen LogP contribution is 2.28. The van der Waals surface area contributed by atoms with Gasteiger partial charge in [0.05, 0.1) is 5.56 Å². The quantitative estimate of drug-likeness (QED) is 0.504. The van der Waals surface area contributed by atoms with Crippen LogP contribution in [0.15, 0.2) is 78.9 Å². The molecule has 3 aromatic carbocycles. The van der Waals surface area contributed by atoms with E-state index in [1.165, 1.54) is 17.5 Å². The van der Waals surface area contributed by atoms with Crippen LogP contribution >= 0.6 is 0 Å². The zero-order chi connectivity index (χ0) is 24.0. The Balaban J connectivity index is 1.17. The third-order valence-electron chi connectivity index (χ3n) is 7.32. The molecule has 2 N–H and O–H groups in total. The van der Waals surface area contributed by atoms with Crippen molar-refractivity contribution >= 4 is 17.5 Å². The molecular formula is C30H33N3O2. The van der Waals surface area contributed by atoms with Crippen molar-refractivity contribution in [1.29, 1.82) is 0 Å². The van der Waals surface area contributed by atoms with Gasteiger partial charge in [-0.25, -0.2) is 0 Å². The van der Waals surface area contributed by atoms with Gasteiger partial charge < -0.3 is 15.5 Å². The summed E-state index contributed by atoms with van der Waals surface area (Å²) in [6.45, 7) is 2.15. The largest absolute Gasteiger partial charge is 0.371 e. The standard InChI is InChI=1S/C30H33N3O2/c34-29(25-9-6-10-25)32-26-17-19-33(20-18-26)28-12-5-4-11-27(28)30(35)31-21-22-13-15-24(16-14-22)23-7-2-1-3-8-23/h1-5,7-8,11-16,25-26H,6,9-10,17-21H2,(H,31,35)(H,32,34). The first kappa shape index (κ1) is 23.2. The van der Waals surface area contributed by atoms with E-state index < -0.39 is 0 Å². The van der Waals surface area contributed by atoms with Crippen LogP contribution in [-0.2, 0) is 11.3 Å². The van der Waals surface area contributed by atoms with Crippen molar-refractivity contribution in [3.8, 4) is 11.1 Å². The predicted octanol–water partition coefficient (Wildman–Crippen LogP) is 5.17. The molecule has 0 radical (unpaired) electrons. The van der Waals surface area contributed by atoms with Crippen LogP contribution in [0.5, 0.6) is 0 Å². The summed E-state index contributed by atoms with van der Waals surface area (Å²) in [5.41, 5.74) is 5.08. The van der Waals surface area contributed by atoms with Gasteiger partial charge in [-0.3, -0.25) is 9.59 Å². The highest BCUT2D eigenvalue weighted by molar-refractivity contribution is 5.99. The molecule has 2 aliphatic rings. The van der Waals surface area contributed by atoms with Crippen molar-refractivity contribution in [3.63, 3.8) is 0 Å². The van der Waals surface area contributed by atoms with Crippen LogP contribution in [-0.4, -0.2) is 30.9 Å². The van der Waals surface area contributed by atoms with Crippen LogP contribution in [0.2, 0.25) is 0 Å². The minimum absolute atomic E-state index is 0.0619. The zero-order valence-electron chi connectivity index (χ0n) is 20.1. The second-order valence-electron chi connectivity index (χ2n) is 9.66. The Labute approximate surface area is 207 Å². The van der Waals surface area contributed by atoms with Gasteiger partial charge >= 0.3 is 0 Å². The lowest BCUT2D eigenvalue weighted by Gasteiger charge is -2.36. The predicted molar refractivity (Wildman–Crippen MR) is 140 cm³/mol. The maximum atomic E-state index is 13.1. The number of anilines is 1. The molecule has 1 aliphatic carbocycles. The van der Waals surface area contributed by atoms with E-state index in [0.29, 0.717) is 12.1 Å². The van der Waals surface area contributed by atoms with Gasteiger partial charge in [-0.1, -0.05) is 73.2 Å². The maximum absolute atomic E-state index is 13.1. The van der Waals surface area contributed by atoms with Gasteiger partial charge in [0.25, 0.3) is 5.91 Å². The van der Waals surface area contributed by atoms with Gasteiger partial charge in [-0.05, 0) is 54.5 Å². The van der Waals surface area contributed by atoms with Crippen LogP contribution < -0.4 is 15.5 Å². The van der Waals surface area contributed by atoms with E-state index in [4.69, 9.17) is 0 Å². The van der Waals surface area contributed by atoms with Crippen molar-refractivity contribution < 1.29 is 9.59 Å². The summed E-state index contributed by atoms with van der Waals surface area (Å²) in [5.74, 6) is 0.395. The molecule has 5 heteroatoms. The average molecular weight is 468 g/mol. The van der Waals surface area contributed by atoms with Crippen LogP contribution in [0.4, 0.5) is 5.69 Å². The van der Waals surface area contributed by atoms with E-state index in [-0.39, 0.29) is 23.8 Å². The van der Waals surface area contributed by atoms with Gasteiger partial charge in [0.2, 0.25) is 5.91 Å². The number of carbonyl (C=O) groups is 2. The molecule has 0 bridgehead atoms. The molecular weight excluding hydrogens is 434 g/mol. The van der Waals surface area contributed by atoms with E-state index in [0.717, 1.165) is 50.0 Å². The Morgan fingerprint density at radius 2 is 1.43 bits per heavy atom. The minimum atomic E-state index is -0.0619. The number of nitrogens with zero attached hydrogens (tertiary/aromatic N) is 1. The van der Waals surface area contributed by atoms with Crippen molar-refractivity contribution in [2.45, 2.75) is 44.7 Å². The molecule has 3 aromatic rings. The van der Waals surface area contributed by atoms with Gasteiger partial charge in [0, 0.05) is 37.3 Å². The first-order valence-corrected chi connectivity index (χ1v) is 12.7. The number of rotatable bonds is 7. The SMILES string of the molecule is O=C(NCc1ccc(-c2ccccc2)cc1)c1ccccc1N1CCC(NC(=O)C2CCC2)CC1. The van der Waals surface area contributed by atoms with Crippen LogP contribution in [0.25, 0.3) is 11.1 Å². The topological polar surface area (TPSA) is 61.4 Å². The molecule has 2 fully saturated rings. The third-order valence-corrected chi connectivity index (χ3v) is 7.32. The molecule has 35 heavy (non-hydrogen) atoms. The number of carbonyl (C=O) groups excluding carboxylic acids is 2. The minimum Gasteiger partial charge on any atom is -0.371 e. The Bertz CT molecular complexity index is 1150. The molecule has 180 valence electrons. The molecule has 1 aliphatic heterocycles. The van der Waals surface area contributed by atoms with Crippen LogP contribution in [0.1, 0.15) is 48.0 Å². The lowest BCUT2D eigenvalue weighted by atomic mass is 9.84. The van der Waals surface area contributed by atoms with Gasteiger partial charge in [-0.15, -0.1) is 0 Å². The lowest BCUT2D eigenvalue weighted by molar-refractivity contribution is -0.128. The van der Waals surface area contributed by atoms with Gasteiger partial charge in [0.1, 0.15) is 0 Å². The van der Waals surface area contributed by atoms with Crippen molar-refractivity contribution in [2.75, 3.05) is 18.0 Å². The van der Waals surface area contributed by atoms with Gasteiger partial charge in [0.15, 0.2) is 0 Å². The first-order valence-electron chi connectivity index (χ1n) is 12.7. The Morgan fingerprint density at radius 3 is 2.11 bits per heavy atom. The summed E-state index contributed by atoms with van der Waals surface area (Å²) >= 11 is 0. The van der Waals surface area contributed by atoms with E-state index >= 15 is 0 Å². The van der Waals surface area contributed by atoms with Crippen molar-refractivity contribution in [2.24, 2.45) is 5.92 Å². The first-order chi connectivity index (χ1) is 17.2. The Kier molecular flexibility index (Phi) is 7.12. The van der Waals surface area contributed by atoms with Gasteiger partial charge in [-0.2, -0.15) is 0 Å². The van der Waals surface area contributed by atoms with Crippen LogP contribution in [0, 0.1) is 5.92 Å². The molecule has 1 saturated heterocycles. The van der Waals surface area contributed by atoms with Crippen molar-refractivity contribution in [3.05, 3.63) is 90.0 Å². The summed E-state index contributed by atoms with van der Waals surface area (Å²) in [4.78, 5) is 27.7. The van der Waals surface area contributed by atoms with E-state index in [9.17, 15) is 9.59 Å². The van der Waals surface area contributed by atoms with E-state index in [1.54, 1.807) is 0 Å². The summed E-state index contributed by atoms with van der Waals surface area (Å²) in [6.07, 6.45) is 5.05. The second-order valence-corrected chi connectivity index (χ2v) is 9.66. The molecule has 5 rings (SSSR count). The fourth-order valence-corrected chi connectivity index (χ4v) is 4.92. The fourth-order valence-electron chi connectivity index (χ4n) is 4.92. The molecule has 0 atom stereocenters. The number of piperidine rings is 1. The normalized spacial score (nSPS) is 16.4. The molecule has 0 spiro atoms. The summed E-state index contributed by atoms with van der Waals surface area (Å²) in [5, 5.41) is 6.33. The highest BCUT2D eigenvalue weighted by Gasteiger charge is 2.29. The summed E-state index contributed by atoms with van der Waals surface area (Å²) in [7, 11) is 0. The molecule has 0 unspecified atom stereocenters. The van der Waals surface area contributed by atoms with E-state index in [2.05, 4.69) is 51.9 Å². The number of hydrogen-bond donors (Lipinski definition) is 2. The molecule has 1 heterocycles. The van der Waals surface area contributed by atoms with E-state index in [1.807, 2.05) is 42.5 Å². The highest BCUT2D eigenvalue weighted by atomic mass is 16.2. The Morgan fingerprint density at radius 1 is 0.771 bits per heavy atom. The molecule has 5 nitrogen and oxygen atoms in total. The number of amides is 2. The maximum Gasteiger partial charge on any atom is 0.253 e. The number of nitrogens with one attached hydrogen (secondary N) is 2. The molecule has 1 saturated carbocycles. The Hall–Kier alpha value is -3.60. The zero-order valence-corrected chi connectivity index (χ0v) is 20.1. The average Bonchev–Trinajstić information content (AvgIpc) is 2.87. The lowest BCUT2D eigenvalue weighted by Crippen LogP contribution is -2.47. The number of hydrogen-bond acceptors (Lipinski definition) is 3. The number of benzene rings is 3. The van der Waals surface area contributed by atoms with Crippen molar-refractivity contribution in [1.82, 2.24) is 10.6 Å². The van der Waals surface area contributed by atoms with Crippen LogP contribution in [0.3, 0.4) is 0 Å². The number of para-hydroxylation sites is 1. The second kappa shape index (κ2) is 10.8. The summed E-state index contributed by atoms with van der Waals surface area (Å²) in [6, 6.07) is 26.7. The molecule has 2 amide bonds.